The molecule has 1 aromatic carbocycles. The normalized spacial score (nSPS) is 11.2. The first-order chi connectivity index (χ1) is 9.69. The smallest absolute Gasteiger partial charge is 0.122 e. The second-order valence-electron chi connectivity index (χ2n) is 4.83. The van der Waals surface area contributed by atoms with E-state index in [2.05, 4.69) is 27.6 Å². The number of hydrogen-bond donors (Lipinski definition) is 0. The van der Waals surface area contributed by atoms with E-state index in [1.165, 1.54) is 5.56 Å². The van der Waals surface area contributed by atoms with Crippen LogP contribution in [0.1, 0.15) is 11.4 Å². The lowest BCUT2D eigenvalue weighted by Crippen LogP contribution is -2.20. The van der Waals surface area contributed by atoms with Crippen LogP contribution < -0.4 is 0 Å². The van der Waals surface area contributed by atoms with E-state index in [1.54, 1.807) is 7.11 Å². The highest BCUT2D eigenvalue weighted by Crippen LogP contribution is 2.13. The number of benzene rings is 1. The second-order valence-corrected chi connectivity index (χ2v) is 5.27. The third-order valence-corrected chi connectivity index (χ3v) is 3.33. The predicted octanol–water partition coefficient (Wildman–Crippen LogP) is 2.81. The average molecular weight is 294 g/mol. The van der Waals surface area contributed by atoms with Crippen LogP contribution in [0.15, 0.2) is 36.7 Å². The van der Waals surface area contributed by atoms with Gasteiger partial charge in [0, 0.05) is 37.6 Å². The Bertz CT molecular complexity index is 541. The van der Waals surface area contributed by atoms with Gasteiger partial charge in [0.25, 0.3) is 0 Å². The zero-order valence-corrected chi connectivity index (χ0v) is 12.7. The van der Waals surface area contributed by atoms with Crippen LogP contribution in [-0.2, 0) is 24.4 Å². The molecule has 0 bridgehead atoms. The van der Waals surface area contributed by atoms with Crippen molar-refractivity contribution < 1.29 is 4.74 Å². The van der Waals surface area contributed by atoms with Gasteiger partial charge >= 0.3 is 0 Å². The van der Waals surface area contributed by atoms with Crippen LogP contribution in [0, 0.1) is 0 Å². The number of ether oxygens (including phenoxy) is 1. The Morgan fingerprint density at radius 2 is 2.20 bits per heavy atom. The molecule has 0 saturated heterocycles. The van der Waals surface area contributed by atoms with Crippen molar-refractivity contribution in [2.45, 2.75) is 19.6 Å². The fourth-order valence-corrected chi connectivity index (χ4v) is 2.34. The highest BCUT2D eigenvalue weighted by molar-refractivity contribution is 6.30. The summed E-state index contributed by atoms with van der Waals surface area (Å²) in [5, 5.41) is 0.775. The molecule has 0 radical (unpaired) electrons. The summed E-state index contributed by atoms with van der Waals surface area (Å²) in [4.78, 5) is 6.63. The monoisotopic (exact) mass is 293 g/mol. The lowest BCUT2D eigenvalue weighted by molar-refractivity contribution is 0.184. The third-order valence-electron chi connectivity index (χ3n) is 3.09. The van der Waals surface area contributed by atoms with E-state index in [-0.39, 0.29) is 0 Å². The molecule has 0 saturated carbocycles. The fraction of sp³-hybridized carbons (Fsp3) is 0.400. The van der Waals surface area contributed by atoms with E-state index >= 15 is 0 Å². The zero-order valence-electron chi connectivity index (χ0n) is 11.9. The maximum absolute atomic E-state index is 6.00. The molecule has 2 aromatic rings. The maximum atomic E-state index is 6.00. The zero-order chi connectivity index (χ0) is 14.4. The van der Waals surface area contributed by atoms with Gasteiger partial charge in [-0.3, -0.25) is 4.90 Å². The molecule has 1 heterocycles. The molecule has 0 unspecified atom stereocenters. The molecule has 0 atom stereocenters. The van der Waals surface area contributed by atoms with Crippen LogP contribution in [0.4, 0.5) is 0 Å². The molecule has 4 nitrogen and oxygen atoms in total. The standard InChI is InChI=1S/C15H20ClN3O/c1-18(11-13-4-3-5-14(16)10-13)12-15-17-6-7-19(15)8-9-20-2/h3-7,10H,8-9,11-12H2,1-2H3. The van der Waals surface area contributed by atoms with Gasteiger partial charge in [0.1, 0.15) is 5.82 Å². The maximum Gasteiger partial charge on any atom is 0.122 e. The average Bonchev–Trinajstić information content (AvgIpc) is 2.83. The van der Waals surface area contributed by atoms with E-state index in [9.17, 15) is 0 Å². The van der Waals surface area contributed by atoms with Crippen LogP contribution in [-0.4, -0.2) is 35.2 Å². The third kappa shape index (κ3) is 4.34. The number of rotatable bonds is 7. The molecule has 0 aliphatic carbocycles. The fourth-order valence-electron chi connectivity index (χ4n) is 2.13. The van der Waals surface area contributed by atoms with Crippen LogP contribution in [0.5, 0.6) is 0 Å². The lowest BCUT2D eigenvalue weighted by Gasteiger charge is -2.17. The minimum Gasteiger partial charge on any atom is -0.383 e. The number of imidazole rings is 1. The quantitative estimate of drug-likeness (QED) is 0.786. The first-order valence-electron chi connectivity index (χ1n) is 6.61. The lowest BCUT2D eigenvalue weighted by atomic mass is 10.2. The van der Waals surface area contributed by atoms with Gasteiger partial charge in [-0.1, -0.05) is 23.7 Å². The Hall–Kier alpha value is -1.36. The number of halogens is 1. The Kier molecular flexibility index (Phi) is 5.59. The Balaban J connectivity index is 1.94. The molecule has 0 amide bonds. The molecule has 0 N–H and O–H groups in total. The van der Waals surface area contributed by atoms with E-state index in [1.807, 2.05) is 30.6 Å². The number of nitrogens with zero attached hydrogens (tertiary/aromatic N) is 3. The van der Waals surface area contributed by atoms with E-state index < -0.39 is 0 Å². The van der Waals surface area contributed by atoms with Crippen LogP contribution in [0.3, 0.4) is 0 Å². The van der Waals surface area contributed by atoms with Crippen molar-refractivity contribution in [3.05, 3.63) is 53.1 Å². The molecule has 20 heavy (non-hydrogen) atoms. The van der Waals surface area contributed by atoms with Crippen LogP contribution in [0.2, 0.25) is 5.02 Å². The van der Waals surface area contributed by atoms with Crippen LogP contribution >= 0.6 is 11.6 Å². The first-order valence-corrected chi connectivity index (χ1v) is 6.99. The van der Waals surface area contributed by atoms with Crippen molar-refractivity contribution in [3.8, 4) is 0 Å². The summed E-state index contributed by atoms with van der Waals surface area (Å²) in [5.74, 6) is 1.05. The van der Waals surface area contributed by atoms with E-state index in [4.69, 9.17) is 16.3 Å². The molecule has 0 aliphatic heterocycles. The van der Waals surface area contributed by atoms with E-state index in [0.29, 0.717) is 6.61 Å². The molecule has 5 heteroatoms. The van der Waals surface area contributed by atoms with Crippen molar-refractivity contribution in [1.82, 2.24) is 14.5 Å². The van der Waals surface area contributed by atoms with Crippen molar-refractivity contribution in [3.63, 3.8) is 0 Å². The highest BCUT2D eigenvalue weighted by atomic mass is 35.5. The minimum absolute atomic E-state index is 0.696. The van der Waals surface area contributed by atoms with Crippen molar-refractivity contribution in [1.29, 1.82) is 0 Å². The topological polar surface area (TPSA) is 30.3 Å². The molecule has 1 aromatic heterocycles. The summed E-state index contributed by atoms with van der Waals surface area (Å²) >= 11 is 6.00. The SMILES string of the molecule is COCCn1ccnc1CN(C)Cc1cccc(Cl)c1. The number of hydrogen-bond acceptors (Lipinski definition) is 3. The summed E-state index contributed by atoms with van der Waals surface area (Å²) in [5.41, 5.74) is 1.20. The van der Waals surface area contributed by atoms with Gasteiger partial charge in [-0.25, -0.2) is 4.98 Å². The Labute approximate surface area is 124 Å². The molecule has 0 spiro atoms. The summed E-state index contributed by atoms with van der Waals surface area (Å²) in [6, 6.07) is 7.95. The van der Waals surface area contributed by atoms with Crippen molar-refractivity contribution in [2.24, 2.45) is 0 Å². The van der Waals surface area contributed by atoms with Gasteiger partial charge in [0.2, 0.25) is 0 Å². The van der Waals surface area contributed by atoms with Gasteiger partial charge in [0.15, 0.2) is 0 Å². The highest BCUT2D eigenvalue weighted by Gasteiger charge is 2.07. The molecular weight excluding hydrogens is 274 g/mol. The predicted molar refractivity (Wildman–Crippen MR) is 80.7 cm³/mol. The van der Waals surface area contributed by atoms with Crippen molar-refractivity contribution in [2.75, 3.05) is 20.8 Å². The minimum atomic E-state index is 0.696. The largest absolute Gasteiger partial charge is 0.383 e. The first kappa shape index (κ1) is 15.0. The summed E-state index contributed by atoms with van der Waals surface area (Å²) in [6.45, 7) is 3.17. The van der Waals surface area contributed by atoms with Gasteiger partial charge in [-0.15, -0.1) is 0 Å². The summed E-state index contributed by atoms with van der Waals surface area (Å²) in [7, 11) is 3.79. The molecular formula is C15H20ClN3O. The van der Waals surface area contributed by atoms with E-state index in [0.717, 1.165) is 30.5 Å². The van der Waals surface area contributed by atoms with Gasteiger partial charge < -0.3 is 9.30 Å². The van der Waals surface area contributed by atoms with Gasteiger partial charge in [0.05, 0.1) is 13.2 Å². The van der Waals surface area contributed by atoms with Gasteiger partial charge in [-0.05, 0) is 24.7 Å². The number of methoxy groups -OCH3 is 1. The molecule has 0 aliphatic rings. The second kappa shape index (κ2) is 7.43. The summed E-state index contributed by atoms with van der Waals surface area (Å²) in [6.07, 6.45) is 3.82. The number of aromatic nitrogens is 2. The molecule has 0 fully saturated rings. The van der Waals surface area contributed by atoms with Gasteiger partial charge in [-0.2, -0.15) is 0 Å². The summed E-state index contributed by atoms with van der Waals surface area (Å²) < 4.78 is 7.23. The van der Waals surface area contributed by atoms with Crippen LogP contribution in [0.25, 0.3) is 0 Å². The Morgan fingerprint density at radius 1 is 1.35 bits per heavy atom. The van der Waals surface area contributed by atoms with Crippen molar-refractivity contribution >= 4 is 11.6 Å². The Morgan fingerprint density at radius 3 is 2.95 bits per heavy atom. The molecule has 2 rings (SSSR count). The molecule has 108 valence electrons.